The molecule has 2 rings (SSSR count). The summed E-state index contributed by atoms with van der Waals surface area (Å²) >= 11 is 1.55. The molecule has 2 aromatic rings. The van der Waals surface area contributed by atoms with Crippen LogP contribution in [0.2, 0.25) is 0 Å². The number of halogens is 1. The first-order valence-electron chi connectivity index (χ1n) is 6.86. The van der Waals surface area contributed by atoms with Gasteiger partial charge in [-0.1, -0.05) is 0 Å². The Hall–Kier alpha value is -1.82. The van der Waals surface area contributed by atoms with Crippen molar-refractivity contribution in [3.8, 4) is 0 Å². The molecule has 1 aromatic heterocycles. The van der Waals surface area contributed by atoms with Crippen molar-refractivity contribution in [2.75, 3.05) is 12.3 Å². The van der Waals surface area contributed by atoms with Crippen LogP contribution in [-0.2, 0) is 11.3 Å². The van der Waals surface area contributed by atoms with E-state index in [1.807, 2.05) is 16.9 Å². The molecule has 0 radical (unpaired) electrons. The van der Waals surface area contributed by atoms with Gasteiger partial charge < -0.3 is 5.32 Å². The summed E-state index contributed by atoms with van der Waals surface area (Å²) in [6.07, 6.45) is 4.97. The zero-order valence-electron chi connectivity index (χ0n) is 11.7. The molecule has 0 fully saturated rings. The highest BCUT2D eigenvalue weighted by Crippen LogP contribution is 2.18. The number of thioether (sulfide) groups is 1. The average Bonchev–Trinajstić information content (AvgIpc) is 2.99. The standard InChI is InChI=1S/C15H18FN3OS/c16-13-3-5-14(6-4-13)21-12-7-15(20)17-8-1-10-19-11-2-9-18-19/h2-6,9,11H,1,7-8,10,12H2,(H,17,20). The Morgan fingerprint density at radius 2 is 2.14 bits per heavy atom. The quantitative estimate of drug-likeness (QED) is 0.602. The van der Waals surface area contributed by atoms with Crippen LogP contribution in [0.1, 0.15) is 12.8 Å². The molecule has 0 aliphatic rings. The molecule has 0 saturated heterocycles. The van der Waals surface area contributed by atoms with E-state index in [-0.39, 0.29) is 11.7 Å². The number of nitrogens with one attached hydrogen (secondary N) is 1. The molecule has 6 heteroatoms. The van der Waals surface area contributed by atoms with Crippen molar-refractivity contribution in [1.29, 1.82) is 0 Å². The van der Waals surface area contributed by atoms with Crippen molar-refractivity contribution in [2.45, 2.75) is 24.3 Å². The number of benzene rings is 1. The maximum atomic E-state index is 12.7. The molecule has 1 heterocycles. The van der Waals surface area contributed by atoms with E-state index in [0.29, 0.717) is 18.7 Å². The summed E-state index contributed by atoms with van der Waals surface area (Å²) < 4.78 is 14.6. The summed E-state index contributed by atoms with van der Waals surface area (Å²) in [4.78, 5) is 12.6. The molecule has 21 heavy (non-hydrogen) atoms. The van der Waals surface area contributed by atoms with Gasteiger partial charge >= 0.3 is 0 Å². The lowest BCUT2D eigenvalue weighted by molar-refractivity contribution is -0.120. The van der Waals surface area contributed by atoms with Crippen LogP contribution in [0.4, 0.5) is 4.39 Å². The summed E-state index contributed by atoms with van der Waals surface area (Å²) in [5.74, 6) is 0.496. The molecule has 112 valence electrons. The average molecular weight is 307 g/mol. The normalized spacial score (nSPS) is 10.5. The van der Waals surface area contributed by atoms with Crippen LogP contribution in [0.25, 0.3) is 0 Å². The van der Waals surface area contributed by atoms with Gasteiger partial charge in [0.15, 0.2) is 0 Å². The van der Waals surface area contributed by atoms with E-state index in [9.17, 15) is 9.18 Å². The molecule has 0 aliphatic heterocycles. The zero-order valence-corrected chi connectivity index (χ0v) is 12.5. The van der Waals surface area contributed by atoms with Gasteiger partial charge in [-0.15, -0.1) is 11.8 Å². The summed E-state index contributed by atoms with van der Waals surface area (Å²) in [5, 5.41) is 6.98. The maximum absolute atomic E-state index is 12.7. The first kappa shape index (κ1) is 15.6. The zero-order chi connectivity index (χ0) is 14.9. The number of hydrogen-bond acceptors (Lipinski definition) is 3. The largest absolute Gasteiger partial charge is 0.356 e. The third kappa shape index (κ3) is 5.99. The van der Waals surface area contributed by atoms with Crippen molar-refractivity contribution in [3.05, 3.63) is 48.5 Å². The van der Waals surface area contributed by atoms with E-state index in [0.717, 1.165) is 17.9 Å². The van der Waals surface area contributed by atoms with Crippen molar-refractivity contribution in [3.63, 3.8) is 0 Å². The number of carbonyl (C=O) groups excluding carboxylic acids is 1. The van der Waals surface area contributed by atoms with Crippen LogP contribution >= 0.6 is 11.8 Å². The molecular weight excluding hydrogens is 289 g/mol. The van der Waals surface area contributed by atoms with Gasteiger partial charge in [0.05, 0.1) is 0 Å². The van der Waals surface area contributed by atoms with Gasteiger partial charge in [-0.05, 0) is 36.8 Å². The predicted molar refractivity (Wildman–Crippen MR) is 81.6 cm³/mol. The van der Waals surface area contributed by atoms with Gasteiger partial charge in [0, 0.05) is 42.6 Å². The van der Waals surface area contributed by atoms with Gasteiger partial charge in [-0.3, -0.25) is 9.48 Å². The van der Waals surface area contributed by atoms with Crippen LogP contribution < -0.4 is 5.32 Å². The number of amides is 1. The van der Waals surface area contributed by atoms with Gasteiger partial charge in [-0.25, -0.2) is 4.39 Å². The highest BCUT2D eigenvalue weighted by Gasteiger charge is 2.02. The Balaban J connectivity index is 1.54. The van der Waals surface area contributed by atoms with E-state index < -0.39 is 0 Å². The van der Waals surface area contributed by atoms with Crippen molar-refractivity contribution in [2.24, 2.45) is 0 Å². The Morgan fingerprint density at radius 3 is 2.86 bits per heavy atom. The summed E-state index contributed by atoms with van der Waals surface area (Å²) in [7, 11) is 0. The molecule has 1 N–H and O–H groups in total. The lowest BCUT2D eigenvalue weighted by Crippen LogP contribution is -2.25. The fourth-order valence-corrected chi connectivity index (χ4v) is 2.63. The number of aryl methyl sites for hydroxylation is 1. The van der Waals surface area contributed by atoms with Crippen LogP contribution in [0.15, 0.2) is 47.6 Å². The van der Waals surface area contributed by atoms with E-state index in [2.05, 4.69) is 10.4 Å². The second kappa shape index (κ2) is 8.46. The first-order valence-corrected chi connectivity index (χ1v) is 7.85. The molecule has 4 nitrogen and oxygen atoms in total. The van der Waals surface area contributed by atoms with E-state index in [4.69, 9.17) is 0 Å². The monoisotopic (exact) mass is 307 g/mol. The van der Waals surface area contributed by atoms with Crippen LogP contribution in [0.5, 0.6) is 0 Å². The number of rotatable bonds is 8. The minimum atomic E-state index is -0.241. The fraction of sp³-hybridized carbons (Fsp3) is 0.333. The molecule has 0 spiro atoms. The van der Waals surface area contributed by atoms with Gasteiger partial charge in [0.2, 0.25) is 5.91 Å². The molecule has 1 amide bonds. The number of aromatic nitrogens is 2. The maximum Gasteiger partial charge on any atom is 0.220 e. The van der Waals surface area contributed by atoms with Crippen molar-refractivity contribution >= 4 is 17.7 Å². The minimum absolute atomic E-state index is 0.0464. The van der Waals surface area contributed by atoms with E-state index in [1.54, 1.807) is 30.1 Å². The molecule has 0 aliphatic carbocycles. The fourth-order valence-electron chi connectivity index (χ4n) is 1.78. The summed E-state index contributed by atoms with van der Waals surface area (Å²) in [5.41, 5.74) is 0. The highest BCUT2D eigenvalue weighted by molar-refractivity contribution is 7.99. The van der Waals surface area contributed by atoms with E-state index >= 15 is 0 Å². The number of hydrogen-bond donors (Lipinski definition) is 1. The smallest absolute Gasteiger partial charge is 0.220 e. The first-order chi connectivity index (χ1) is 10.2. The van der Waals surface area contributed by atoms with Crippen LogP contribution in [-0.4, -0.2) is 28.0 Å². The second-order valence-electron chi connectivity index (χ2n) is 4.53. The Morgan fingerprint density at radius 1 is 1.33 bits per heavy atom. The molecular formula is C15H18FN3OS. The van der Waals surface area contributed by atoms with Crippen LogP contribution in [0, 0.1) is 5.82 Å². The Kier molecular flexibility index (Phi) is 6.27. The molecule has 1 aromatic carbocycles. The van der Waals surface area contributed by atoms with Crippen molar-refractivity contribution in [1.82, 2.24) is 15.1 Å². The van der Waals surface area contributed by atoms with E-state index in [1.165, 1.54) is 12.1 Å². The third-order valence-electron chi connectivity index (χ3n) is 2.86. The molecule has 0 atom stereocenters. The lowest BCUT2D eigenvalue weighted by Gasteiger charge is -2.05. The van der Waals surface area contributed by atoms with Crippen molar-refractivity contribution < 1.29 is 9.18 Å². The Labute approximate surface area is 127 Å². The second-order valence-corrected chi connectivity index (χ2v) is 5.69. The molecule has 0 saturated carbocycles. The molecule has 0 unspecified atom stereocenters. The number of nitrogens with zero attached hydrogens (tertiary/aromatic N) is 2. The SMILES string of the molecule is O=C(CCSc1ccc(F)cc1)NCCCn1cccn1. The minimum Gasteiger partial charge on any atom is -0.356 e. The predicted octanol–water partition coefficient (Wildman–Crippen LogP) is 2.71. The summed E-state index contributed by atoms with van der Waals surface area (Å²) in [6.45, 7) is 1.46. The highest BCUT2D eigenvalue weighted by atomic mass is 32.2. The third-order valence-corrected chi connectivity index (χ3v) is 3.87. The van der Waals surface area contributed by atoms with Gasteiger partial charge in [-0.2, -0.15) is 5.10 Å². The van der Waals surface area contributed by atoms with Crippen LogP contribution in [0.3, 0.4) is 0 Å². The van der Waals surface area contributed by atoms with Gasteiger partial charge in [0.25, 0.3) is 0 Å². The number of carbonyl (C=O) groups is 1. The topological polar surface area (TPSA) is 46.9 Å². The lowest BCUT2D eigenvalue weighted by atomic mass is 10.3. The Bertz CT molecular complexity index is 543. The molecule has 0 bridgehead atoms. The van der Waals surface area contributed by atoms with Gasteiger partial charge in [0.1, 0.15) is 5.82 Å². The summed E-state index contributed by atoms with van der Waals surface area (Å²) in [6, 6.07) is 8.19.